The molecule has 1 aromatic carbocycles. The number of thioether (sulfide) groups is 1. The summed E-state index contributed by atoms with van der Waals surface area (Å²) in [6.07, 6.45) is 0. The van der Waals surface area contributed by atoms with E-state index in [1.807, 2.05) is 11.8 Å². The van der Waals surface area contributed by atoms with Crippen LogP contribution in [0.4, 0.5) is 0 Å². The minimum absolute atomic E-state index is 0.531. The molecule has 3 heteroatoms. The Morgan fingerprint density at radius 3 is 2.73 bits per heavy atom. The Labute approximate surface area is 105 Å². The fourth-order valence-electron chi connectivity index (χ4n) is 1.30. The summed E-state index contributed by atoms with van der Waals surface area (Å²) >= 11 is 5.42. The van der Waals surface area contributed by atoms with Gasteiger partial charge in [-0.1, -0.05) is 36.7 Å². The zero-order valence-corrected chi connectivity index (χ0v) is 11.9. The van der Waals surface area contributed by atoms with Gasteiger partial charge in [0.1, 0.15) is 0 Å². The maximum atomic E-state index is 3.52. The molecule has 0 atom stereocenters. The molecule has 1 nitrogen and oxygen atoms in total. The predicted molar refractivity (Wildman–Crippen MR) is 72.5 cm³/mol. The van der Waals surface area contributed by atoms with Gasteiger partial charge in [-0.25, -0.2) is 0 Å². The maximum absolute atomic E-state index is 3.52. The van der Waals surface area contributed by atoms with E-state index in [2.05, 4.69) is 60.2 Å². The average Bonchev–Trinajstić information content (AvgIpc) is 2.18. The van der Waals surface area contributed by atoms with E-state index < -0.39 is 0 Å². The molecule has 1 aromatic rings. The maximum Gasteiger partial charge on any atom is 0.0219 e. The summed E-state index contributed by atoms with van der Waals surface area (Å²) in [4.78, 5) is 1.38. The molecular formula is C12H18BrNS. The lowest BCUT2D eigenvalue weighted by Crippen LogP contribution is -2.22. The molecule has 0 radical (unpaired) electrons. The van der Waals surface area contributed by atoms with Gasteiger partial charge in [-0.05, 0) is 29.5 Å². The Kier molecular flexibility index (Phi) is 5.72. The summed E-state index contributed by atoms with van der Waals surface area (Å²) in [6.45, 7) is 7.47. The van der Waals surface area contributed by atoms with Crippen molar-refractivity contribution in [2.75, 3.05) is 5.75 Å². The number of nitrogens with one attached hydrogen (secondary N) is 1. The van der Waals surface area contributed by atoms with Gasteiger partial charge in [-0.15, -0.1) is 11.8 Å². The highest BCUT2D eigenvalue weighted by atomic mass is 79.9. The van der Waals surface area contributed by atoms with Crippen LogP contribution in [0.15, 0.2) is 27.6 Å². The van der Waals surface area contributed by atoms with Crippen molar-refractivity contribution in [3.63, 3.8) is 0 Å². The monoisotopic (exact) mass is 287 g/mol. The smallest absolute Gasteiger partial charge is 0.0219 e. The summed E-state index contributed by atoms with van der Waals surface area (Å²) in [5.41, 5.74) is 1.38. The lowest BCUT2D eigenvalue weighted by molar-refractivity contribution is 0.584. The van der Waals surface area contributed by atoms with Crippen molar-refractivity contribution in [1.29, 1.82) is 0 Å². The second-order valence-corrected chi connectivity index (χ2v) is 5.94. The zero-order chi connectivity index (χ0) is 11.3. The fourth-order valence-corrected chi connectivity index (χ4v) is 2.50. The molecule has 0 spiro atoms. The van der Waals surface area contributed by atoms with Crippen LogP contribution in [0.3, 0.4) is 0 Å². The predicted octanol–water partition coefficient (Wildman–Crippen LogP) is 4.06. The van der Waals surface area contributed by atoms with Crippen LogP contribution in [0.1, 0.15) is 26.3 Å². The Morgan fingerprint density at radius 2 is 2.13 bits per heavy atom. The second-order valence-electron chi connectivity index (χ2n) is 3.72. The van der Waals surface area contributed by atoms with E-state index in [9.17, 15) is 0 Å². The summed E-state index contributed by atoms with van der Waals surface area (Å²) in [5.74, 6) is 1.12. The minimum atomic E-state index is 0.531. The highest BCUT2D eigenvalue weighted by molar-refractivity contribution is 9.10. The van der Waals surface area contributed by atoms with Gasteiger partial charge < -0.3 is 5.32 Å². The van der Waals surface area contributed by atoms with E-state index in [-0.39, 0.29) is 0 Å². The lowest BCUT2D eigenvalue weighted by atomic mass is 10.2. The van der Waals surface area contributed by atoms with E-state index >= 15 is 0 Å². The Hall–Kier alpha value is 0.01000. The normalized spacial score (nSPS) is 11.0. The van der Waals surface area contributed by atoms with Crippen LogP contribution in [0, 0.1) is 0 Å². The molecule has 0 aliphatic rings. The van der Waals surface area contributed by atoms with E-state index in [1.54, 1.807) is 0 Å². The topological polar surface area (TPSA) is 12.0 Å². The number of hydrogen-bond acceptors (Lipinski definition) is 2. The molecule has 1 rings (SSSR count). The third kappa shape index (κ3) is 4.58. The molecule has 0 saturated heterocycles. The summed E-state index contributed by atoms with van der Waals surface area (Å²) < 4.78 is 1.16. The molecule has 15 heavy (non-hydrogen) atoms. The molecule has 0 aliphatic carbocycles. The van der Waals surface area contributed by atoms with E-state index in [0.29, 0.717) is 6.04 Å². The van der Waals surface area contributed by atoms with Crippen LogP contribution in [-0.2, 0) is 6.54 Å². The molecule has 1 N–H and O–H groups in total. The van der Waals surface area contributed by atoms with Gasteiger partial charge in [0.05, 0.1) is 0 Å². The zero-order valence-electron chi connectivity index (χ0n) is 9.51. The van der Waals surface area contributed by atoms with Crippen LogP contribution < -0.4 is 5.32 Å². The number of hydrogen-bond donors (Lipinski definition) is 1. The highest BCUT2D eigenvalue weighted by Crippen LogP contribution is 2.25. The lowest BCUT2D eigenvalue weighted by Gasteiger charge is -2.12. The Morgan fingerprint density at radius 1 is 1.40 bits per heavy atom. The Balaban J connectivity index is 2.77. The van der Waals surface area contributed by atoms with Gasteiger partial charge >= 0.3 is 0 Å². The first-order chi connectivity index (χ1) is 7.13. The number of rotatable bonds is 5. The van der Waals surface area contributed by atoms with Crippen molar-refractivity contribution in [2.24, 2.45) is 0 Å². The molecule has 0 unspecified atom stereocenters. The highest BCUT2D eigenvalue weighted by Gasteiger charge is 2.03. The molecule has 0 bridgehead atoms. The van der Waals surface area contributed by atoms with Crippen LogP contribution in [0.2, 0.25) is 0 Å². The van der Waals surface area contributed by atoms with Gasteiger partial charge in [0.15, 0.2) is 0 Å². The van der Waals surface area contributed by atoms with E-state index in [0.717, 1.165) is 16.8 Å². The van der Waals surface area contributed by atoms with Crippen LogP contribution in [-0.4, -0.2) is 11.8 Å². The van der Waals surface area contributed by atoms with Crippen LogP contribution in [0.5, 0.6) is 0 Å². The van der Waals surface area contributed by atoms with E-state index in [4.69, 9.17) is 0 Å². The third-order valence-electron chi connectivity index (χ3n) is 2.02. The summed E-state index contributed by atoms with van der Waals surface area (Å²) in [7, 11) is 0. The molecular weight excluding hydrogens is 270 g/mol. The number of benzene rings is 1. The van der Waals surface area contributed by atoms with Crippen LogP contribution in [0.25, 0.3) is 0 Å². The van der Waals surface area contributed by atoms with Crippen molar-refractivity contribution < 1.29 is 0 Å². The molecule has 0 amide bonds. The second kappa shape index (κ2) is 6.56. The van der Waals surface area contributed by atoms with Crippen molar-refractivity contribution in [3.05, 3.63) is 28.2 Å². The third-order valence-corrected chi connectivity index (χ3v) is 3.51. The fraction of sp³-hybridized carbons (Fsp3) is 0.500. The van der Waals surface area contributed by atoms with Gasteiger partial charge in [-0.3, -0.25) is 0 Å². The SMILES string of the molecule is CCSc1ccc(Br)cc1CNC(C)C. The molecule has 0 fully saturated rings. The van der Waals surface area contributed by atoms with Gasteiger partial charge in [-0.2, -0.15) is 0 Å². The summed E-state index contributed by atoms with van der Waals surface area (Å²) in [6, 6.07) is 7.03. The summed E-state index contributed by atoms with van der Waals surface area (Å²) in [5, 5.41) is 3.45. The van der Waals surface area contributed by atoms with Gasteiger partial charge in [0, 0.05) is 22.0 Å². The largest absolute Gasteiger partial charge is 0.310 e. The Bertz CT molecular complexity index is 312. The average molecular weight is 288 g/mol. The van der Waals surface area contributed by atoms with Crippen molar-refractivity contribution in [2.45, 2.75) is 38.3 Å². The molecule has 84 valence electrons. The first-order valence-electron chi connectivity index (χ1n) is 5.28. The van der Waals surface area contributed by atoms with E-state index in [1.165, 1.54) is 10.5 Å². The standard InChI is InChI=1S/C12H18BrNS/c1-4-15-12-6-5-11(13)7-10(12)8-14-9(2)3/h5-7,9,14H,4,8H2,1-3H3. The van der Waals surface area contributed by atoms with Crippen molar-refractivity contribution >= 4 is 27.7 Å². The first-order valence-corrected chi connectivity index (χ1v) is 7.06. The van der Waals surface area contributed by atoms with Crippen molar-refractivity contribution in [3.8, 4) is 0 Å². The van der Waals surface area contributed by atoms with Gasteiger partial charge in [0.25, 0.3) is 0 Å². The quantitative estimate of drug-likeness (QED) is 0.820. The number of halogens is 1. The van der Waals surface area contributed by atoms with Gasteiger partial charge in [0.2, 0.25) is 0 Å². The molecule has 0 aliphatic heterocycles. The molecule has 0 heterocycles. The van der Waals surface area contributed by atoms with Crippen molar-refractivity contribution in [1.82, 2.24) is 5.32 Å². The first kappa shape index (κ1) is 13.1. The molecule has 0 aromatic heterocycles. The minimum Gasteiger partial charge on any atom is -0.310 e. The van der Waals surface area contributed by atoms with Crippen LogP contribution >= 0.6 is 27.7 Å². The molecule has 0 saturated carbocycles.